The second kappa shape index (κ2) is 12.1. The topological polar surface area (TPSA) is 63.2 Å². The minimum absolute atomic E-state index is 0.0115. The van der Waals surface area contributed by atoms with Gasteiger partial charge in [-0.2, -0.15) is 49.6 Å². The van der Waals surface area contributed by atoms with E-state index < -0.39 is 53.5 Å². The molecule has 1 aliphatic rings. The van der Waals surface area contributed by atoms with Crippen LogP contribution in [0.15, 0.2) is 34.9 Å². The number of pyridine rings is 1. The fourth-order valence-electron chi connectivity index (χ4n) is 5.97. The molecule has 250 valence electrons. The third kappa shape index (κ3) is 6.95. The van der Waals surface area contributed by atoms with Crippen LogP contribution in [-0.2, 0) is 38.7 Å². The number of aromatic nitrogens is 4. The summed E-state index contributed by atoms with van der Waals surface area (Å²) in [5.74, 6) is 0. The van der Waals surface area contributed by atoms with Gasteiger partial charge >= 0.3 is 18.5 Å². The summed E-state index contributed by atoms with van der Waals surface area (Å²) < 4.78 is 129. The van der Waals surface area contributed by atoms with Crippen LogP contribution in [0.4, 0.5) is 45.5 Å². The van der Waals surface area contributed by atoms with Gasteiger partial charge in [-0.05, 0) is 69.1 Å². The van der Waals surface area contributed by atoms with Crippen LogP contribution < -0.4 is 4.90 Å². The number of oxazole rings is 1. The Morgan fingerprint density at radius 3 is 2.04 bits per heavy atom. The van der Waals surface area contributed by atoms with E-state index in [-0.39, 0.29) is 24.7 Å². The molecule has 46 heavy (non-hydrogen) atoms. The summed E-state index contributed by atoms with van der Waals surface area (Å²) >= 11 is 0. The summed E-state index contributed by atoms with van der Waals surface area (Å²) in [4.78, 5) is 11.6. The number of anilines is 1. The van der Waals surface area contributed by atoms with Crippen molar-refractivity contribution in [2.24, 2.45) is 7.05 Å². The Kier molecular flexibility index (Phi) is 8.81. The lowest BCUT2D eigenvalue weighted by Crippen LogP contribution is -2.33. The molecular formula is C30H31F9N6O. The Bertz CT molecular complexity index is 1670. The van der Waals surface area contributed by atoms with Gasteiger partial charge < -0.3 is 9.32 Å². The first-order valence-electron chi connectivity index (χ1n) is 14.4. The Labute approximate surface area is 258 Å². The van der Waals surface area contributed by atoms with E-state index in [9.17, 15) is 39.5 Å². The summed E-state index contributed by atoms with van der Waals surface area (Å²) in [5.41, 5.74) is -2.84. The van der Waals surface area contributed by atoms with Crippen molar-refractivity contribution < 1.29 is 43.9 Å². The van der Waals surface area contributed by atoms with Gasteiger partial charge in [0, 0.05) is 37.6 Å². The van der Waals surface area contributed by atoms with Gasteiger partial charge in [0.05, 0.1) is 22.5 Å². The van der Waals surface area contributed by atoms with Crippen LogP contribution >= 0.6 is 0 Å². The van der Waals surface area contributed by atoms with E-state index in [1.165, 1.54) is 0 Å². The first kappa shape index (κ1) is 33.5. The first-order chi connectivity index (χ1) is 21.3. The maximum absolute atomic E-state index is 13.7. The Balaban J connectivity index is 1.64. The molecule has 0 amide bonds. The van der Waals surface area contributed by atoms with Gasteiger partial charge in [0.2, 0.25) is 0 Å². The zero-order valence-electron chi connectivity index (χ0n) is 25.3. The Morgan fingerprint density at radius 1 is 0.891 bits per heavy atom. The monoisotopic (exact) mass is 662 g/mol. The number of hydrogen-bond acceptors (Lipinski definition) is 6. The molecule has 16 heteroatoms. The van der Waals surface area contributed by atoms with Crippen molar-refractivity contribution >= 4 is 17.0 Å². The fraction of sp³-hybridized carbons (Fsp3) is 0.500. The molecule has 0 spiro atoms. The van der Waals surface area contributed by atoms with Crippen LogP contribution in [0.1, 0.15) is 78.0 Å². The average Bonchev–Trinajstić information content (AvgIpc) is 3.72. The highest BCUT2D eigenvalue weighted by atomic mass is 19.4. The van der Waals surface area contributed by atoms with Gasteiger partial charge in [-0.3, -0.25) is 9.58 Å². The van der Waals surface area contributed by atoms with Crippen molar-refractivity contribution in [3.63, 3.8) is 0 Å². The van der Waals surface area contributed by atoms with Crippen molar-refractivity contribution in [1.29, 1.82) is 0 Å². The van der Waals surface area contributed by atoms with Crippen molar-refractivity contribution in [3.8, 4) is 0 Å². The zero-order chi connectivity index (χ0) is 33.8. The van der Waals surface area contributed by atoms with E-state index in [1.807, 2.05) is 14.0 Å². The maximum atomic E-state index is 13.7. The third-order valence-electron chi connectivity index (χ3n) is 8.45. The molecule has 0 radical (unpaired) electrons. The lowest BCUT2D eigenvalue weighted by atomic mass is 10.0. The van der Waals surface area contributed by atoms with Gasteiger partial charge in [-0.25, -0.2) is 4.98 Å². The molecule has 3 heterocycles. The van der Waals surface area contributed by atoms with Gasteiger partial charge in [0.15, 0.2) is 11.3 Å². The van der Waals surface area contributed by atoms with E-state index in [1.54, 1.807) is 24.7 Å². The van der Waals surface area contributed by atoms with Gasteiger partial charge in [0.1, 0.15) is 6.26 Å². The van der Waals surface area contributed by atoms with E-state index >= 15 is 0 Å². The summed E-state index contributed by atoms with van der Waals surface area (Å²) in [6, 6.07) is 2.08. The summed E-state index contributed by atoms with van der Waals surface area (Å²) in [6.07, 6.45) is -10.8. The van der Waals surface area contributed by atoms with E-state index in [2.05, 4.69) is 15.0 Å². The maximum Gasteiger partial charge on any atom is 0.436 e. The number of halogens is 9. The number of alkyl halides is 9. The smallest absolute Gasteiger partial charge is 0.431 e. The van der Waals surface area contributed by atoms with Crippen LogP contribution in [0, 0.1) is 6.92 Å². The summed E-state index contributed by atoms with van der Waals surface area (Å²) in [6.45, 7) is 2.66. The number of rotatable bonds is 8. The number of benzene rings is 1. The van der Waals surface area contributed by atoms with E-state index in [4.69, 9.17) is 9.40 Å². The van der Waals surface area contributed by atoms with Gasteiger partial charge in [0.25, 0.3) is 6.01 Å². The fourth-order valence-corrected chi connectivity index (χ4v) is 5.97. The minimum atomic E-state index is -5.12. The molecule has 1 atom stereocenters. The number of nitrogens with zero attached hydrogens (tertiary/aromatic N) is 6. The van der Waals surface area contributed by atoms with Crippen molar-refractivity contribution in [3.05, 3.63) is 69.9 Å². The first-order valence-corrected chi connectivity index (χ1v) is 14.4. The largest absolute Gasteiger partial charge is 0.436 e. The van der Waals surface area contributed by atoms with Crippen LogP contribution in [0.5, 0.6) is 0 Å². The highest BCUT2D eigenvalue weighted by Crippen LogP contribution is 2.38. The van der Waals surface area contributed by atoms with Gasteiger partial charge in [-0.15, -0.1) is 0 Å². The predicted molar refractivity (Wildman–Crippen MR) is 150 cm³/mol. The molecule has 0 saturated heterocycles. The molecule has 7 nitrogen and oxygen atoms in total. The standard InChI is InChI=1S/C30H31F9N6O/c1-16-23-11-19(25(41-26(23)44(4)42-16)17(2)43(3)22-7-5-6-8-22)14-45(27-40-24(15-46-27)30(37,38)39)13-18-9-20(28(31,32)33)12-21(10-18)29(34,35)36/h9-12,15,17,22H,5-8,13-14H2,1-4H3. The SMILES string of the molecule is Cc1nn(C)c2nc(C(C)N(C)C3CCCC3)c(CN(Cc3cc(C(F)(F)F)cc(C(F)(F)F)c3)c3nc(C(F)(F)F)co3)cc12. The zero-order valence-corrected chi connectivity index (χ0v) is 25.3. The molecule has 1 fully saturated rings. The lowest BCUT2D eigenvalue weighted by Gasteiger charge is -2.32. The van der Waals surface area contributed by atoms with Crippen molar-refractivity contribution in [2.45, 2.75) is 83.2 Å². The minimum Gasteiger partial charge on any atom is -0.431 e. The second-order valence-electron chi connectivity index (χ2n) is 11.7. The van der Waals surface area contributed by atoms with Crippen molar-refractivity contribution in [2.75, 3.05) is 11.9 Å². The van der Waals surface area contributed by atoms with Crippen LogP contribution in [0.3, 0.4) is 0 Å². The Morgan fingerprint density at radius 2 is 1.50 bits per heavy atom. The highest BCUT2D eigenvalue weighted by molar-refractivity contribution is 5.79. The van der Waals surface area contributed by atoms with E-state index in [0.717, 1.165) is 30.6 Å². The molecule has 1 aliphatic carbocycles. The third-order valence-corrected chi connectivity index (χ3v) is 8.45. The number of hydrogen-bond donors (Lipinski definition) is 0. The van der Waals surface area contributed by atoms with E-state index in [0.29, 0.717) is 46.4 Å². The molecule has 4 aromatic rings. The quantitative estimate of drug-likeness (QED) is 0.177. The predicted octanol–water partition coefficient (Wildman–Crippen LogP) is 8.46. The molecule has 0 bridgehead atoms. The molecule has 1 unspecified atom stereocenters. The number of fused-ring (bicyclic) bond motifs is 1. The summed E-state index contributed by atoms with van der Waals surface area (Å²) in [5, 5.41) is 5.04. The molecule has 0 aliphatic heterocycles. The molecule has 3 aromatic heterocycles. The highest BCUT2D eigenvalue weighted by Gasteiger charge is 2.38. The van der Waals surface area contributed by atoms with Crippen LogP contribution in [-0.4, -0.2) is 37.7 Å². The molecule has 1 aromatic carbocycles. The summed E-state index contributed by atoms with van der Waals surface area (Å²) in [7, 11) is 3.65. The Hall–Kier alpha value is -3.82. The normalized spacial score (nSPS) is 15.8. The average molecular weight is 663 g/mol. The van der Waals surface area contributed by atoms with Crippen LogP contribution in [0.2, 0.25) is 0 Å². The molecule has 5 rings (SSSR count). The van der Waals surface area contributed by atoms with Crippen LogP contribution in [0.25, 0.3) is 11.0 Å². The lowest BCUT2D eigenvalue weighted by molar-refractivity contribution is -0.143. The molecule has 0 N–H and O–H groups in total. The van der Waals surface area contributed by atoms with Crippen molar-refractivity contribution in [1.82, 2.24) is 24.6 Å². The number of aryl methyl sites for hydroxylation is 2. The molecular weight excluding hydrogens is 631 g/mol. The second-order valence-corrected chi connectivity index (χ2v) is 11.7. The molecule has 1 saturated carbocycles. The van der Waals surface area contributed by atoms with Gasteiger partial charge in [-0.1, -0.05) is 12.8 Å².